The molecule has 2 aromatic rings. The van der Waals surface area contributed by atoms with Gasteiger partial charge < -0.3 is 0 Å². The number of nitriles is 1. The fraction of sp³-hybridized carbons (Fsp3) is 0.0833. The largest absolute Gasteiger partial charge is 0.267 e. The van der Waals surface area contributed by atoms with Gasteiger partial charge in [0.25, 0.3) is 0 Å². The van der Waals surface area contributed by atoms with Crippen LogP contribution >= 0.6 is 11.6 Å². The third-order valence-corrected chi connectivity index (χ3v) is 3.77. The van der Waals surface area contributed by atoms with E-state index in [-0.39, 0.29) is 16.7 Å². The molecule has 102 valence electrons. The summed E-state index contributed by atoms with van der Waals surface area (Å²) < 4.78 is 26.2. The van der Waals surface area contributed by atoms with Gasteiger partial charge in [-0.2, -0.15) is 5.26 Å². The quantitative estimate of drug-likeness (QED) is 0.871. The van der Waals surface area contributed by atoms with Gasteiger partial charge in [-0.1, -0.05) is 23.7 Å². The Balaban J connectivity index is 2.13. The minimum Gasteiger partial charge on any atom is -0.267 e. The predicted octanol–water partition coefficient (Wildman–Crippen LogP) is 1.94. The molecule has 0 amide bonds. The lowest BCUT2D eigenvalue weighted by atomic mass is 10.2. The van der Waals surface area contributed by atoms with Crippen LogP contribution in [0, 0.1) is 11.3 Å². The second-order valence-electron chi connectivity index (χ2n) is 3.90. The number of benzene rings is 1. The summed E-state index contributed by atoms with van der Waals surface area (Å²) in [4.78, 5) is 7.43. The average molecular weight is 309 g/mol. The zero-order valence-corrected chi connectivity index (χ0v) is 11.7. The number of nitrogens with zero attached hydrogens (tertiary/aromatic N) is 3. The van der Waals surface area contributed by atoms with E-state index in [4.69, 9.17) is 16.9 Å². The Morgan fingerprint density at radius 2 is 1.95 bits per heavy atom. The summed E-state index contributed by atoms with van der Waals surface area (Å²) in [7, 11) is -3.61. The molecule has 2 rings (SSSR count). The van der Waals surface area contributed by atoms with Crippen molar-refractivity contribution in [2.45, 2.75) is 5.75 Å². The van der Waals surface area contributed by atoms with Crippen LogP contribution in [0.5, 0.6) is 0 Å². The first kappa shape index (κ1) is 14.2. The van der Waals surface area contributed by atoms with Gasteiger partial charge in [-0.3, -0.25) is 4.72 Å². The standard InChI is InChI=1S/C12H9ClN4O2S/c13-11-5-12(16-8-15-11)17-20(18,19)7-10-3-1-9(6-14)2-4-10/h1-5,8H,7H2,(H,15,16,17). The molecule has 6 nitrogen and oxygen atoms in total. The lowest BCUT2D eigenvalue weighted by Gasteiger charge is -2.07. The fourth-order valence-corrected chi connectivity index (χ4v) is 2.76. The molecule has 0 fully saturated rings. The topological polar surface area (TPSA) is 95.7 Å². The van der Waals surface area contributed by atoms with Crippen molar-refractivity contribution in [3.63, 3.8) is 0 Å². The Hall–Kier alpha value is -2.17. The Bertz CT molecular complexity index is 754. The Kier molecular flexibility index (Phi) is 4.17. The van der Waals surface area contributed by atoms with Crippen molar-refractivity contribution in [1.82, 2.24) is 9.97 Å². The smallest absolute Gasteiger partial charge is 0.238 e. The van der Waals surface area contributed by atoms with Crippen molar-refractivity contribution < 1.29 is 8.42 Å². The van der Waals surface area contributed by atoms with Crippen LogP contribution in [0.4, 0.5) is 5.82 Å². The highest BCUT2D eigenvalue weighted by Gasteiger charge is 2.13. The lowest BCUT2D eigenvalue weighted by molar-refractivity contribution is 0.600. The van der Waals surface area contributed by atoms with Gasteiger partial charge in [0.1, 0.15) is 17.3 Å². The van der Waals surface area contributed by atoms with Crippen molar-refractivity contribution in [2.75, 3.05) is 4.72 Å². The Morgan fingerprint density at radius 1 is 1.25 bits per heavy atom. The van der Waals surface area contributed by atoms with Gasteiger partial charge >= 0.3 is 0 Å². The number of sulfonamides is 1. The van der Waals surface area contributed by atoms with Crippen LogP contribution in [-0.4, -0.2) is 18.4 Å². The first-order chi connectivity index (χ1) is 9.48. The molecule has 0 atom stereocenters. The van der Waals surface area contributed by atoms with E-state index in [1.807, 2.05) is 6.07 Å². The molecule has 0 bridgehead atoms. The van der Waals surface area contributed by atoms with E-state index in [1.165, 1.54) is 12.4 Å². The highest BCUT2D eigenvalue weighted by Crippen LogP contribution is 2.13. The molecule has 0 aliphatic carbocycles. The fourth-order valence-electron chi connectivity index (χ4n) is 1.48. The van der Waals surface area contributed by atoms with Crippen LogP contribution in [0.2, 0.25) is 5.15 Å². The van der Waals surface area contributed by atoms with E-state index in [1.54, 1.807) is 24.3 Å². The van der Waals surface area contributed by atoms with Crippen molar-refractivity contribution in [1.29, 1.82) is 5.26 Å². The van der Waals surface area contributed by atoms with Crippen LogP contribution in [0.25, 0.3) is 0 Å². The maximum Gasteiger partial charge on any atom is 0.238 e. The summed E-state index contributed by atoms with van der Waals surface area (Å²) in [6.07, 6.45) is 1.17. The van der Waals surface area contributed by atoms with Crippen LogP contribution in [0.1, 0.15) is 11.1 Å². The summed E-state index contributed by atoms with van der Waals surface area (Å²) in [5, 5.41) is 8.82. The molecule has 0 saturated heterocycles. The molecule has 0 aliphatic heterocycles. The van der Waals surface area contributed by atoms with E-state index < -0.39 is 10.0 Å². The molecule has 8 heteroatoms. The third-order valence-electron chi connectivity index (χ3n) is 2.33. The Labute approximate surface area is 121 Å². The highest BCUT2D eigenvalue weighted by molar-refractivity contribution is 7.91. The average Bonchev–Trinajstić information content (AvgIpc) is 2.38. The monoisotopic (exact) mass is 308 g/mol. The highest BCUT2D eigenvalue weighted by atomic mass is 35.5. The van der Waals surface area contributed by atoms with E-state index in [2.05, 4.69) is 14.7 Å². The van der Waals surface area contributed by atoms with Crippen molar-refractivity contribution in [3.05, 3.63) is 52.9 Å². The molecular weight excluding hydrogens is 300 g/mol. The normalized spacial score (nSPS) is 10.8. The predicted molar refractivity (Wildman–Crippen MR) is 74.4 cm³/mol. The maximum absolute atomic E-state index is 12.0. The van der Waals surface area contributed by atoms with Gasteiger partial charge in [0.15, 0.2) is 0 Å². The zero-order chi connectivity index (χ0) is 14.6. The first-order valence-corrected chi connectivity index (χ1v) is 7.48. The van der Waals surface area contributed by atoms with Gasteiger partial charge in [0.05, 0.1) is 17.4 Å². The van der Waals surface area contributed by atoms with E-state index >= 15 is 0 Å². The molecule has 0 saturated carbocycles. The van der Waals surface area contributed by atoms with Gasteiger partial charge in [-0.15, -0.1) is 0 Å². The zero-order valence-electron chi connectivity index (χ0n) is 10.1. The third kappa shape index (κ3) is 3.91. The summed E-state index contributed by atoms with van der Waals surface area (Å²) in [5.74, 6) is -0.112. The van der Waals surface area contributed by atoms with E-state index in [0.29, 0.717) is 11.1 Å². The second-order valence-corrected chi connectivity index (χ2v) is 6.01. The van der Waals surface area contributed by atoms with Crippen molar-refractivity contribution in [3.8, 4) is 6.07 Å². The minimum absolute atomic E-state index is 0.110. The Morgan fingerprint density at radius 3 is 2.55 bits per heavy atom. The number of halogens is 1. The summed E-state index contributed by atoms with van der Waals surface area (Å²) >= 11 is 5.65. The first-order valence-electron chi connectivity index (χ1n) is 5.45. The molecule has 0 radical (unpaired) electrons. The minimum atomic E-state index is -3.61. The second kappa shape index (κ2) is 5.86. The van der Waals surface area contributed by atoms with Crippen molar-refractivity contribution in [2.24, 2.45) is 0 Å². The van der Waals surface area contributed by atoms with Gasteiger partial charge in [-0.05, 0) is 17.7 Å². The number of hydrogen-bond acceptors (Lipinski definition) is 5. The van der Waals surface area contributed by atoms with Gasteiger partial charge in [-0.25, -0.2) is 18.4 Å². The van der Waals surface area contributed by atoms with E-state index in [0.717, 1.165) is 0 Å². The number of nitrogens with one attached hydrogen (secondary N) is 1. The molecule has 0 unspecified atom stereocenters. The molecular formula is C12H9ClN4O2S. The van der Waals surface area contributed by atoms with Crippen LogP contribution < -0.4 is 4.72 Å². The summed E-state index contributed by atoms with van der Waals surface area (Å²) in [5.41, 5.74) is 1.04. The number of aromatic nitrogens is 2. The molecule has 20 heavy (non-hydrogen) atoms. The van der Waals surface area contributed by atoms with Crippen molar-refractivity contribution >= 4 is 27.4 Å². The molecule has 1 aromatic heterocycles. The summed E-state index contributed by atoms with van der Waals surface area (Å²) in [6.45, 7) is 0. The molecule has 1 N–H and O–H groups in total. The van der Waals surface area contributed by atoms with Crippen LogP contribution in [0.15, 0.2) is 36.7 Å². The van der Waals surface area contributed by atoms with Crippen LogP contribution in [0.3, 0.4) is 0 Å². The van der Waals surface area contributed by atoms with Gasteiger partial charge in [0, 0.05) is 6.07 Å². The lowest BCUT2D eigenvalue weighted by Crippen LogP contribution is -2.16. The molecule has 1 aromatic carbocycles. The number of hydrogen-bond donors (Lipinski definition) is 1. The SMILES string of the molecule is N#Cc1ccc(CS(=O)(=O)Nc2cc(Cl)ncn2)cc1. The number of rotatable bonds is 4. The molecule has 0 aliphatic rings. The molecule has 1 heterocycles. The number of anilines is 1. The summed E-state index contributed by atoms with van der Waals surface area (Å²) in [6, 6.07) is 9.58. The maximum atomic E-state index is 12.0. The van der Waals surface area contributed by atoms with Gasteiger partial charge in [0.2, 0.25) is 10.0 Å². The molecule has 0 spiro atoms. The van der Waals surface area contributed by atoms with E-state index in [9.17, 15) is 8.42 Å². The van der Waals surface area contributed by atoms with Crippen LogP contribution in [-0.2, 0) is 15.8 Å².